The van der Waals surface area contributed by atoms with E-state index in [2.05, 4.69) is 12.2 Å². The van der Waals surface area contributed by atoms with E-state index in [1.807, 2.05) is 6.92 Å². The van der Waals surface area contributed by atoms with Crippen molar-refractivity contribution in [2.45, 2.75) is 71.3 Å². The average Bonchev–Trinajstić information content (AvgIpc) is 2.78. The van der Waals surface area contributed by atoms with E-state index in [0.717, 1.165) is 32.1 Å². The maximum atomic E-state index is 11.8. The fourth-order valence-corrected chi connectivity index (χ4v) is 2.50. The minimum Gasteiger partial charge on any atom is -0.354 e. The highest BCUT2D eigenvalue weighted by atomic mass is 16.2. The smallest absolute Gasteiger partial charge is 0.253 e. The molecule has 0 aliphatic carbocycles. The molecule has 22 heavy (non-hydrogen) atoms. The first-order valence-electron chi connectivity index (χ1n) is 8.37. The van der Waals surface area contributed by atoms with Crippen LogP contribution < -0.4 is 5.32 Å². The molecule has 0 saturated carbocycles. The zero-order chi connectivity index (χ0) is 16.4. The van der Waals surface area contributed by atoms with Crippen molar-refractivity contribution in [3.63, 3.8) is 0 Å². The Morgan fingerprint density at radius 1 is 1.09 bits per heavy atom. The summed E-state index contributed by atoms with van der Waals surface area (Å²) in [4.78, 5) is 35.7. The molecule has 1 N–H and O–H groups in total. The molecule has 0 aromatic carbocycles. The Hall–Kier alpha value is -1.65. The Kier molecular flexibility index (Phi) is 8.48. The number of hydrogen-bond acceptors (Lipinski definition) is 3. The summed E-state index contributed by atoms with van der Waals surface area (Å²) in [6.45, 7) is 4.66. The highest BCUT2D eigenvalue weighted by Gasteiger charge is 2.22. The monoisotopic (exact) mass is 308 g/mol. The van der Waals surface area contributed by atoms with Gasteiger partial charge >= 0.3 is 0 Å². The Balaban J connectivity index is 2.03. The molecule has 1 aliphatic heterocycles. The van der Waals surface area contributed by atoms with Gasteiger partial charge in [0, 0.05) is 31.2 Å². The largest absolute Gasteiger partial charge is 0.354 e. The van der Waals surface area contributed by atoms with E-state index >= 15 is 0 Å². The van der Waals surface area contributed by atoms with Gasteiger partial charge in [0.15, 0.2) is 0 Å². The van der Waals surface area contributed by atoms with Crippen LogP contribution in [0.4, 0.5) is 0 Å². The third-order valence-corrected chi connectivity index (χ3v) is 3.83. The predicted octanol–water partition coefficient (Wildman–Crippen LogP) is 2.56. The van der Waals surface area contributed by atoms with Crippen molar-refractivity contribution in [1.82, 2.24) is 10.2 Å². The predicted molar refractivity (Wildman–Crippen MR) is 86.1 cm³/mol. The van der Waals surface area contributed by atoms with Gasteiger partial charge in [-0.15, -0.1) is 0 Å². The van der Waals surface area contributed by atoms with Crippen LogP contribution in [0, 0.1) is 0 Å². The third kappa shape index (κ3) is 6.87. The zero-order valence-electron chi connectivity index (χ0n) is 13.8. The summed E-state index contributed by atoms with van der Waals surface area (Å²) in [5, 5.41) is 3.02. The van der Waals surface area contributed by atoms with Gasteiger partial charge < -0.3 is 5.32 Å². The van der Waals surface area contributed by atoms with Crippen molar-refractivity contribution in [3.05, 3.63) is 12.2 Å². The number of nitrogens with zero attached hydrogens (tertiary/aromatic N) is 1. The van der Waals surface area contributed by atoms with E-state index in [1.54, 1.807) is 0 Å². The lowest BCUT2D eigenvalue weighted by Crippen LogP contribution is -2.32. The molecule has 1 heterocycles. The number of carbonyl (C=O) groups excluding carboxylic acids is 3. The maximum Gasteiger partial charge on any atom is 0.253 e. The second kappa shape index (κ2) is 10.1. The summed E-state index contributed by atoms with van der Waals surface area (Å²) in [6.07, 6.45) is 10.1. The number of carbonyl (C=O) groups is 3. The van der Waals surface area contributed by atoms with E-state index in [-0.39, 0.29) is 23.8 Å². The van der Waals surface area contributed by atoms with Crippen molar-refractivity contribution >= 4 is 17.7 Å². The summed E-state index contributed by atoms with van der Waals surface area (Å²) < 4.78 is 0. The van der Waals surface area contributed by atoms with E-state index in [0.29, 0.717) is 13.0 Å². The molecule has 1 atom stereocenters. The van der Waals surface area contributed by atoms with Crippen LogP contribution >= 0.6 is 0 Å². The number of nitrogens with one attached hydrogen (secondary N) is 1. The summed E-state index contributed by atoms with van der Waals surface area (Å²) in [7, 11) is 0. The van der Waals surface area contributed by atoms with Crippen molar-refractivity contribution in [2.24, 2.45) is 0 Å². The number of hydrogen-bond donors (Lipinski definition) is 1. The molecule has 0 aromatic heterocycles. The van der Waals surface area contributed by atoms with Crippen LogP contribution in [0.2, 0.25) is 0 Å². The van der Waals surface area contributed by atoms with E-state index in [4.69, 9.17) is 0 Å². The Bertz CT molecular complexity index is 400. The molecular weight excluding hydrogens is 280 g/mol. The van der Waals surface area contributed by atoms with Crippen LogP contribution in [0.3, 0.4) is 0 Å². The van der Waals surface area contributed by atoms with Crippen LogP contribution in [0.5, 0.6) is 0 Å². The molecule has 5 heteroatoms. The summed E-state index contributed by atoms with van der Waals surface area (Å²) >= 11 is 0. The quantitative estimate of drug-likeness (QED) is 0.471. The minimum atomic E-state index is -0.233. The van der Waals surface area contributed by atoms with Crippen molar-refractivity contribution in [3.8, 4) is 0 Å². The van der Waals surface area contributed by atoms with Crippen molar-refractivity contribution in [2.75, 3.05) is 6.54 Å². The lowest BCUT2D eigenvalue weighted by molar-refractivity contribution is -0.137. The highest BCUT2D eigenvalue weighted by molar-refractivity contribution is 6.12. The van der Waals surface area contributed by atoms with Gasteiger partial charge in [-0.25, -0.2) is 0 Å². The number of unbranched alkanes of at least 4 members (excludes halogenated alkanes) is 4. The van der Waals surface area contributed by atoms with Crippen molar-refractivity contribution in [1.29, 1.82) is 0 Å². The van der Waals surface area contributed by atoms with Crippen LogP contribution in [0.1, 0.15) is 65.2 Å². The molecule has 124 valence electrons. The number of rotatable bonds is 11. The average molecular weight is 308 g/mol. The van der Waals surface area contributed by atoms with Gasteiger partial charge in [-0.1, -0.05) is 32.6 Å². The van der Waals surface area contributed by atoms with Gasteiger partial charge in [0.2, 0.25) is 5.91 Å². The number of imide groups is 1. The Labute approximate surface area is 133 Å². The molecule has 0 bridgehead atoms. The minimum absolute atomic E-state index is 0.0963. The normalized spacial score (nSPS) is 15.5. The molecule has 0 aromatic rings. The number of amides is 3. The maximum absolute atomic E-state index is 11.8. The molecule has 0 radical (unpaired) electrons. The first-order chi connectivity index (χ1) is 10.5. The molecule has 0 saturated heterocycles. The molecular formula is C17H28N2O3. The Morgan fingerprint density at radius 2 is 1.77 bits per heavy atom. The van der Waals surface area contributed by atoms with Gasteiger partial charge in [0.05, 0.1) is 0 Å². The summed E-state index contributed by atoms with van der Waals surface area (Å²) in [5.41, 5.74) is 0. The molecule has 3 amide bonds. The molecule has 1 rings (SSSR count). The lowest BCUT2D eigenvalue weighted by Gasteiger charge is -2.14. The Morgan fingerprint density at radius 3 is 2.41 bits per heavy atom. The lowest BCUT2D eigenvalue weighted by atomic mass is 10.1. The van der Waals surface area contributed by atoms with Crippen LogP contribution in [0.25, 0.3) is 0 Å². The summed E-state index contributed by atoms with van der Waals surface area (Å²) in [5.74, 6) is -0.369. The highest BCUT2D eigenvalue weighted by Crippen LogP contribution is 2.08. The molecule has 5 nitrogen and oxygen atoms in total. The van der Waals surface area contributed by atoms with Crippen LogP contribution in [-0.2, 0) is 14.4 Å². The van der Waals surface area contributed by atoms with Crippen LogP contribution in [0.15, 0.2) is 12.2 Å². The van der Waals surface area contributed by atoms with Crippen molar-refractivity contribution < 1.29 is 14.4 Å². The second-order valence-electron chi connectivity index (χ2n) is 5.94. The SMILES string of the molecule is CCCCCC(C)NC(=O)CCCCCN1C(=O)C=CC1=O. The standard InChI is InChI=1S/C17H28N2O3/c1-3-4-6-9-14(2)18-15(20)10-7-5-8-13-19-16(21)11-12-17(19)22/h11-12,14H,3-10,13H2,1-2H3,(H,18,20). The first-order valence-corrected chi connectivity index (χ1v) is 8.37. The molecule has 1 unspecified atom stereocenters. The zero-order valence-corrected chi connectivity index (χ0v) is 13.8. The van der Waals surface area contributed by atoms with Gasteiger partial charge in [0.25, 0.3) is 11.8 Å². The fraction of sp³-hybridized carbons (Fsp3) is 0.706. The third-order valence-electron chi connectivity index (χ3n) is 3.83. The molecule has 0 spiro atoms. The van der Waals surface area contributed by atoms with Gasteiger partial charge in [-0.05, 0) is 26.2 Å². The van der Waals surface area contributed by atoms with Gasteiger partial charge in [-0.2, -0.15) is 0 Å². The van der Waals surface area contributed by atoms with E-state index in [9.17, 15) is 14.4 Å². The topological polar surface area (TPSA) is 66.5 Å². The molecule has 0 fully saturated rings. The molecule has 1 aliphatic rings. The van der Waals surface area contributed by atoms with Crippen LogP contribution in [-0.4, -0.2) is 35.2 Å². The fourth-order valence-electron chi connectivity index (χ4n) is 2.50. The van der Waals surface area contributed by atoms with E-state index in [1.165, 1.54) is 29.9 Å². The second-order valence-corrected chi connectivity index (χ2v) is 5.94. The van der Waals surface area contributed by atoms with Gasteiger partial charge in [-0.3, -0.25) is 19.3 Å². The first kappa shape index (κ1) is 18.4. The summed E-state index contributed by atoms with van der Waals surface area (Å²) in [6, 6.07) is 0.241. The van der Waals surface area contributed by atoms with Gasteiger partial charge in [0.1, 0.15) is 0 Å². The van der Waals surface area contributed by atoms with E-state index < -0.39 is 0 Å².